The molecule has 45 heavy (non-hydrogen) atoms. The number of anilines is 2. The fourth-order valence-corrected chi connectivity index (χ4v) is 6.70. The lowest BCUT2D eigenvalue weighted by molar-refractivity contribution is -0.130. The quantitative estimate of drug-likeness (QED) is 0.200. The van der Waals surface area contributed by atoms with Gasteiger partial charge >= 0.3 is 0 Å². The number of carbonyl (C=O) groups is 1. The van der Waals surface area contributed by atoms with Crippen molar-refractivity contribution in [3.8, 4) is 22.9 Å². The van der Waals surface area contributed by atoms with Crippen LogP contribution in [0.25, 0.3) is 27.7 Å². The lowest BCUT2D eigenvalue weighted by Gasteiger charge is -2.45. The zero-order chi connectivity index (χ0) is 32.9. The van der Waals surface area contributed by atoms with Crippen LogP contribution in [0.5, 0.6) is 0 Å². The van der Waals surface area contributed by atoms with E-state index in [0.29, 0.717) is 41.1 Å². The molecular formula is C34H33ClF2N6O2. The van der Waals surface area contributed by atoms with Gasteiger partial charge in [0.2, 0.25) is 5.91 Å². The molecular weight excluding hydrogens is 598 g/mol. The van der Waals surface area contributed by atoms with Crippen molar-refractivity contribution in [3.05, 3.63) is 93.0 Å². The van der Waals surface area contributed by atoms with Crippen LogP contribution in [0.4, 0.5) is 20.2 Å². The first-order chi connectivity index (χ1) is 21.3. The summed E-state index contributed by atoms with van der Waals surface area (Å²) in [6.45, 7) is 13.8. The van der Waals surface area contributed by atoms with E-state index in [0.717, 1.165) is 17.7 Å². The fourth-order valence-electron chi connectivity index (χ4n) is 6.44. The van der Waals surface area contributed by atoms with Gasteiger partial charge in [0, 0.05) is 64.7 Å². The summed E-state index contributed by atoms with van der Waals surface area (Å²) in [6, 6.07) is 8.21. The molecule has 5 rings (SSSR count). The molecule has 2 aromatic heterocycles. The van der Waals surface area contributed by atoms with E-state index in [1.807, 2.05) is 39.5 Å². The maximum atomic E-state index is 15.3. The minimum Gasteiger partial charge on any atom is -0.398 e. The molecule has 2 atom stereocenters. The predicted octanol–water partition coefficient (Wildman–Crippen LogP) is 6.48. The van der Waals surface area contributed by atoms with Gasteiger partial charge in [0.25, 0.3) is 5.56 Å². The molecule has 232 valence electrons. The lowest BCUT2D eigenvalue weighted by Crippen LogP contribution is -2.58. The Morgan fingerprint density at radius 1 is 1.18 bits per heavy atom. The number of nitriles is 1. The summed E-state index contributed by atoms with van der Waals surface area (Å²) in [6.07, 6.45) is 2.93. The smallest absolute Gasteiger partial charge is 0.275 e. The third kappa shape index (κ3) is 5.31. The molecule has 11 heteroatoms. The highest BCUT2D eigenvalue weighted by Crippen LogP contribution is 2.42. The average molecular weight is 631 g/mol. The van der Waals surface area contributed by atoms with Crippen molar-refractivity contribution in [2.45, 2.75) is 52.6 Å². The highest BCUT2D eigenvalue weighted by Gasteiger charge is 2.35. The molecule has 0 radical (unpaired) electrons. The number of nitrogen functional groups attached to an aromatic ring is 1. The first kappa shape index (κ1) is 31.7. The number of amides is 1. The molecule has 0 saturated carbocycles. The van der Waals surface area contributed by atoms with E-state index in [1.54, 1.807) is 29.3 Å². The molecule has 0 spiro atoms. The first-order valence-corrected chi connectivity index (χ1v) is 14.9. The summed E-state index contributed by atoms with van der Waals surface area (Å²) < 4.78 is 30.7. The van der Waals surface area contributed by atoms with Gasteiger partial charge in [-0.05, 0) is 62.6 Å². The van der Waals surface area contributed by atoms with E-state index in [4.69, 9.17) is 17.3 Å². The normalized spacial score (nSPS) is 16.7. The van der Waals surface area contributed by atoms with Crippen molar-refractivity contribution in [1.82, 2.24) is 14.5 Å². The second kappa shape index (κ2) is 12.0. The predicted molar refractivity (Wildman–Crippen MR) is 174 cm³/mol. The Hall–Kier alpha value is -4.75. The van der Waals surface area contributed by atoms with Gasteiger partial charge in [-0.15, -0.1) is 0 Å². The van der Waals surface area contributed by atoms with E-state index in [1.165, 1.54) is 10.6 Å². The number of carbonyl (C=O) groups excluding carboxylic acids is 1. The van der Waals surface area contributed by atoms with Crippen LogP contribution < -0.4 is 16.2 Å². The van der Waals surface area contributed by atoms with E-state index in [-0.39, 0.29) is 51.3 Å². The third-order valence-electron chi connectivity index (χ3n) is 8.29. The van der Waals surface area contributed by atoms with Crippen molar-refractivity contribution < 1.29 is 13.6 Å². The number of hydrogen-bond donors (Lipinski definition) is 1. The number of rotatable bonds is 5. The number of nitrogens with zero attached hydrogens (tertiary/aromatic N) is 5. The number of nitrogens with two attached hydrogens (primary N) is 1. The summed E-state index contributed by atoms with van der Waals surface area (Å²) in [5.41, 5.74) is 7.81. The number of pyridine rings is 2. The Morgan fingerprint density at radius 3 is 2.42 bits per heavy atom. The molecule has 3 heterocycles. The van der Waals surface area contributed by atoms with Gasteiger partial charge in [-0.1, -0.05) is 32.0 Å². The molecule has 0 bridgehead atoms. The van der Waals surface area contributed by atoms with Gasteiger partial charge in [-0.2, -0.15) is 5.26 Å². The van der Waals surface area contributed by atoms with Gasteiger partial charge in [0.05, 0.1) is 22.6 Å². The second-order valence-electron chi connectivity index (χ2n) is 11.7. The Balaban J connectivity index is 1.92. The van der Waals surface area contributed by atoms with Gasteiger partial charge in [0.15, 0.2) is 0 Å². The topological polar surface area (TPSA) is 108 Å². The number of fused-ring (bicyclic) bond motifs is 1. The Bertz CT molecular complexity index is 1950. The molecule has 1 amide bonds. The third-order valence-corrected chi connectivity index (χ3v) is 8.60. The number of piperazine rings is 1. The van der Waals surface area contributed by atoms with Crippen molar-refractivity contribution in [2.24, 2.45) is 0 Å². The zero-order valence-corrected chi connectivity index (χ0v) is 26.4. The van der Waals surface area contributed by atoms with E-state index in [9.17, 15) is 19.2 Å². The summed E-state index contributed by atoms with van der Waals surface area (Å²) in [4.78, 5) is 35.4. The van der Waals surface area contributed by atoms with Crippen molar-refractivity contribution in [2.75, 3.05) is 23.7 Å². The standard InChI is InChI=1S/C34H33ClF2N6O2/c1-7-29(44)42-19(5)15-41(16-20(42)6)33-23-12-25(35)22(30-26(37)10-21(36)11-27(30)39)13-28(23)43(34(45)24(33)14-38)32-18(4)8-9-40-31(32)17(2)3/h7-13,17,19-20H,1,15-16,39H2,2-6H3/t19-,20+. The highest BCUT2D eigenvalue weighted by atomic mass is 35.5. The van der Waals surface area contributed by atoms with E-state index < -0.39 is 17.2 Å². The monoisotopic (exact) mass is 630 g/mol. The molecule has 2 N–H and O–H groups in total. The zero-order valence-electron chi connectivity index (χ0n) is 25.7. The maximum Gasteiger partial charge on any atom is 0.275 e. The first-order valence-electron chi connectivity index (χ1n) is 14.5. The summed E-state index contributed by atoms with van der Waals surface area (Å²) in [7, 11) is 0. The van der Waals surface area contributed by atoms with E-state index in [2.05, 4.69) is 17.6 Å². The van der Waals surface area contributed by atoms with Gasteiger partial charge in [-0.3, -0.25) is 19.1 Å². The van der Waals surface area contributed by atoms with Crippen LogP contribution in [0.1, 0.15) is 50.4 Å². The average Bonchev–Trinajstić information content (AvgIpc) is 2.96. The summed E-state index contributed by atoms with van der Waals surface area (Å²) in [5.74, 6) is -2.06. The molecule has 2 aromatic carbocycles. The van der Waals surface area contributed by atoms with Gasteiger partial charge < -0.3 is 15.5 Å². The number of benzene rings is 2. The molecule has 4 aromatic rings. The van der Waals surface area contributed by atoms with Crippen LogP contribution in [-0.2, 0) is 4.79 Å². The molecule has 1 aliphatic rings. The van der Waals surface area contributed by atoms with Crippen LogP contribution >= 0.6 is 11.6 Å². The minimum atomic E-state index is -0.914. The largest absolute Gasteiger partial charge is 0.398 e. The number of aromatic nitrogens is 2. The van der Waals surface area contributed by atoms with Gasteiger partial charge in [0.1, 0.15) is 23.3 Å². The summed E-state index contributed by atoms with van der Waals surface area (Å²) >= 11 is 6.84. The van der Waals surface area contributed by atoms with Crippen LogP contribution in [0.15, 0.2) is 54.0 Å². The van der Waals surface area contributed by atoms with Crippen LogP contribution in [0.2, 0.25) is 5.02 Å². The Labute approximate surface area is 264 Å². The molecule has 1 aliphatic heterocycles. The Kier molecular flexibility index (Phi) is 8.43. The minimum absolute atomic E-state index is 0.0867. The highest BCUT2D eigenvalue weighted by molar-refractivity contribution is 6.34. The fraction of sp³-hybridized carbons (Fsp3) is 0.294. The Morgan fingerprint density at radius 2 is 1.84 bits per heavy atom. The lowest BCUT2D eigenvalue weighted by atomic mass is 9.97. The van der Waals surface area contributed by atoms with Crippen molar-refractivity contribution in [3.63, 3.8) is 0 Å². The van der Waals surface area contributed by atoms with Crippen LogP contribution in [0.3, 0.4) is 0 Å². The SMILES string of the molecule is C=CC(=O)N1[C@H](C)CN(c2c(C#N)c(=O)n(-c3c(C)ccnc3C(C)C)c3cc(-c4c(N)cc(F)cc4F)c(Cl)cc23)C[C@@H]1C. The number of halogens is 3. The van der Waals surface area contributed by atoms with E-state index >= 15 is 4.39 Å². The van der Waals surface area contributed by atoms with Crippen molar-refractivity contribution in [1.29, 1.82) is 5.26 Å². The molecule has 1 fully saturated rings. The molecule has 0 unspecified atom stereocenters. The van der Waals surface area contributed by atoms with Crippen molar-refractivity contribution >= 4 is 39.8 Å². The summed E-state index contributed by atoms with van der Waals surface area (Å²) in [5, 5.41) is 11.0. The molecule has 8 nitrogen and oxygen atoms in total. The number of aryl methyl sites for hydroxylation is 1. The van der Waals surface area contributed by atoms with Crippen LogP contribution in [-0.4, -0.2) is 45.5 Å². The molecule has 1 saturated heterocycles. The second-order valence-corrected chi connectivity index (χ2v) is 12.2. The molecule has 0 aliphatic carbocycles. The number of hydrogen-bond acceptors (Lipinski definition) is 6. The maximum absolute atomic E-state index is 15.3. The van der Waals surface area contributed by atoms with Crippen LogP contribution in [0, 0.1) is 29.9 Å². The van der Waals surface area contributed by atoms with Gasteiger partial charge in [-0.25, -0.2) is 8.78 Å².